The topological polar surface area (TPSA) is 34.1 Å². The molecule has 0 aliphatic heterocycles. The lowest BCUT2D eigenvalue weighted by atomic mass is 10.2. The first kappa shape index (κ1) is 11.1. The molecule has 0 amide bonds. The summed E-state index contributed by atoms with van der Waals surface area (Å²) < 4.78 is 23.7. The third kappa shape index (κ3) is 2.82. The van der Waals surface area contributed by atoms with Gasteiger partial charge in [-0.1, -0.05) is 28.1 Å². The number of benzene rings is 1. The number of alkyl halides is 1. The number of hydrogen-bond donors (Lipinski definition) is 0. The first-order valence-electron chi connectivity index (χ1n) is 4.99. The minimum Gasteiger partial charge on any atom is -0.224 e. The van der Waals surface area contributed by atoms with Crippen LogP contribution in [0.2, 0.25) is 0 Å². The zero-order valence-electron chi connectivity index (χ0n) is 8.32. The van der Waals surface area contributed by atoms with Crippen molar-refractivity contribution in [3.8, 4) is 0 Å². The maximum Gasteiger partial charge on any atom is 0.178 e. The normalized spacial score (nSPS) is 16.6. The first-order chi connectivity index (χ1) is 7.12. The summed E-state index contributed by atoms with van der Waals surface area (Å²) in [5.74, 6) is 0.728. The summed E-state index contributed by atoms with van der Waals surface area (Å²) in [5, 5.41) is 0.760. The van der Waals surface area contributed by atoms with Gasteiger partial charge in [0.05, 0.1) is 10.6 Å². The molecule has 2 rings (SSSR count). The molecule has 0 atom stereocenters. The minimum absolute atomic E-state index is 0.320. The van der Waals surface area contributed by atoms with E-state index in [-0.39, 0.29) is 0 Å². The van der Waals surface area contributed by atoms with Gasteiger partial charge in [0.1, 0.15) is 0 Å². The lowest BCUT2D eigenvalue weighted by Crippen LogP contribution is -2.08. The molecule has 0 bridgehead atoms. The van der Waals surface area contributed by atoms with E-state index in [1.165, 1.54) is 0 Å². The van der Waals surface area contributed by atoms with Crippen molar-refractivity contribution in [3.05, 3.63) is 29.8 Å². The molecule has 0 heterocycles. The van der Waals surface area contributed by atoms with Crippen molar-refractivity contribution in [1.29, 1.82) is 0 Å². The van der Waals surface area contributed by atoms with Crippen molar-refractivity contribution >= 4 is 25.8 Å². The smallest absolute Gasteiger partial charge is 0.178 e. The second-order valence-electron chi connectivity index (χ2n) is 4.00. The average Bonchev–Trinajstić information content (AvgIpc) is 3.01. The largest absolute Gasteiger partial charge is 0.224 e. The highest BCUT2D eigenvalue weighted by Crippen LogP contribution is 2.32. The van der Waals surface area contributed by atoms with Gasteiger partial charge in [-0.25, -0.2) is 8.42 Å². The molecule has 0 N–H and O–H groups in total. The van der Waals surface area contributed by atoms with Gasteiger partial charge in [-0.15, -0.1) is 0 Å². The van der Waals surface area contributed by atoms with E-state index in [2.05, 4.69) is 15.9 Å². The summed E-state index contributed by atoms with van der Waals surface area (Å²) in [6, 6.07) is 7.12. The maximum atomic E-state index is 11.9. The van der Waals surface area contributed by atoms with Gasteiger partial charge in [0.2, 0.25) is 0 Å². The number of rotatable bonds is 4. The lowest BCUT2D eigenvalue weighted by molar-refractivity contribution is 0.592. The van der Waals surface area contributed by atoms with E-state index in [9.17, 15) is 8.42 Å². The van der Waals surface area contributed by atoms with Crippen LogP contribution < -0.4 is 0 Å². The molecule has 0 aromatic heterocycles. The van der Waals surface area contributed by atoms with Gasteiger partial charge in [-0.2, -0.15) is 0 Å². The highest BCUT2D eigenvalue weighted by molar-refractivity contribution is 9.08. The van der Waals surface area contributed by atoms with Crippen molar-refractivity contribution in [3.63, 3.8) is 0 Å². The Hall–Kier alpha value is -0.350. The van der Waals surface area contributed by atoms with Gasteiger partial charge in [-0.05, 0) is 36.5 Å². The van der Waals surface area contributed by atoms with Crippen LogP contribution in [-0.2, 0) is 15.2 Å². The Morgan fingerprint density at radius 2 is 1.80 bits per heavy atom. The Morgan fingerprint density at radius 1 is 1.20 bits per heavy atom. The summed E-state index contributed by atoms with van der Waals surface area (Å²) in [6.45, 7) is 0. The van der Waals surface area contributed by atoms with Crippen LogP contribution in [0.1, 0.15) is 18.4 Å². The quantitative estimate of drug-likeness (QED) is 0.799. The number of halogens is 1. The predicted octanol–water partition coefficient (Wildman–Crippen LogP) is 2.77. The fourth-order valence-corrected chi connectivity index (χ4v) is 3.55. The second kappa shape index (κ2) is 4.26. The van der Waals surface area contributed by atoms with Crippen molar-refractivity contribution in [1.82, 2.24) is 0 Å². The zero-order valence-corrected chi connectivity index (χ0v) is 10.7. The van der Waals surface area contributed by atoms with E-state index in [4.69, 9.17) is 0 Å². The summed E-state index contributed by atoms with van der Waals surface area (Å²) >= 11 is 3.33. The molecule has 0 radical (unpaired) electrons. The molecule has 1 aromatic rings. The predicted molar refractivity (Wildman–Crippen MR) is 63.8 cm³/mol. The molecular weight excluding hydrogens is 276 g/mol. The summed E-state index contributed by atoms with van der Waals surface area (Å²) in [4.78, 5) is 0.458. The minimum atomic E-state index is -3.04. The van der Waals surface area contributed by atoms with Crippen LogP contribution in [0.3, 0.4) is 0 Å². The van der Waals surface area contributed by atoms with Gasteiger partial charge in [0.25, 0.3) is 0 Å². The fraction of sp³-hybridized carbons (Fsp3) is 0.455. The van der Waals surface area contributed by atoms with Crippen LogP contribution in [0, 0.1) is 5.92 Å². The standard InChI is InChI=1S/C11H13BrO2S/c12-7-9-3-5-11(6-4-9)15(13,14)8-10-1-2-10/h3-6,10H,1-2,7-8H2. The molecule has 1 saturated carbocycles. The highest BCUT2D eigenvalue weighted by Gasteiger charge is 2.28. The Kier molecular flexibility index (Phi) is 3.16. The van der Waals surface area contributed by atoms with Crippen molar-refractivity contribution in [2.75, 3.05) is 5.75 Å². The summed E-state index contributed by atoms with van der Waals surface area (Å²) in [5.41, 5.74) is 1.10. The van der Waals surface area contributed by atoms with Crippen LogP contribution >= 0.6 is 15.9 Å². The molecule has 1 aliphatic rings. The monoisotopic (exact) mass is 288 g/mol. The van der Waals surface area contributed by atoms with Crippen molar-refractivity contribution < 1.29 is 8.42 Å². The van der Waals surface area contributed by atoms with Crippen molar-refractivity contribution in [2.45, 2.75) is 23.1 Å². The van der Waals surface area contributed by atoms with E-state index in [1.54, 1.807) is 12.1 Å². The third-order valence-corrected chi connectivity index (χ3v) is 5.14. The summed E-state index contributed by atoms with van der Waals surface area (Å²) in [6.07, 6.45) is 2.14. The highest BCUT2D eigenvalue weighted by atomic mass is 79.9. The fourth-order valence-electron chi connectivity index (χ4n) is 1.48. The zero-order chi connectivity index (χ0) is 10.9. The van der Waals surface area contributed by atoms with Gasteiger partial charge < -0.3 is 0 Å². The molecule has 0 spiro atoms. The molecule has 82 valence electrons. The average molecular weight is 289 g/mol. The molecule has 15 heavy (non-hydrogen) atoms. The van der Waals surface area contributed by atoms with Gasteiger partial charge in [0, 0.05) is 5.33 Å². The SMILES string of the molecule is O=S(=O)(CC1CC1)c1ccc(CBr)cc1. The molecule has 2 nitrogen and oxygen atoms in total. The van der Waals surface area contributed by atoms with E-state index in [0.717, 1.165) is 23.7 Å². The van der Waals surface area contributed by atoms with Gasteiger partial charge in [0.15, 0.2) is 9.84 Å². The Labute approximate surface area is 98.7 Å². The molecule has 1 fully saturated rings. The van der Waals surface area contributed by atoms with Crippen molar-refractivity contribution in [2.24, 2.45) is 5.92 Å². The molecule has 1 aliphatic carbocycles. The van der Waals surface area contributed by atoms with Crippen LogP contribution in [0.15, 0.2) is 29.2 Å². The maximum absolute atomic E-state index is 11.9. The number of sulfone groups is 1. The Morgan fingerprint density at radius 3 is 2.27 bits per heavy atom. The van der Waals surface area contributed by atoms with Crippen LogP contribution in [0.5, 0.6) is 0 Å². The van der Waals surface area contributed by atoms with E-state index in [0.29, 0.717) is 16.6 Å². The van der Waals surface area contributed by atoms with Gasteiger partial charge >= 0.3 is 0 Å². The Balaban J connectivity index is 2.19. The molecule has 1 aromatic carbocycles. The second-order valence-corrected chi connectivity index (χ2v) is 6.60. The van der Waals surface area contributed by atoms with Crippen LogP contribution in [0.25, 0.3) is 0 Å². The number of hydrogen-bond acceptors (Lipinski definition) is 2. The molecule has 0 saturated heterocycles. The molecular formula is C11H13BrO2S. The lowest BCUT2D eigenvalue weighted by Gasteiger charge is -2.03. The van der Waals surface area contributed by atoms with Crippen LogP contribution in [0.4, 0.5) is 0 Å². The first-order valence-corrected chi connectivity index (χ1v) is 7.77. The van der Waals surface area contributed by atoms with Gasteiger partial charge in [-0.3, -0.25) is 0 Å². The van der Waals surface area contributed by atoms with E-state index < -0.39 is 9.84 Å². The Bertz CT molecular complexity index is 432. The van der Waals surface area contributed by atoms with Crippen LogP contribution in [-0.4, -0.2) is 14.2 Å². The molecule has 0 unspecified atom stereocenters. The third-order valence-electron chi connectivity index (χ3n) is 2.59. The molecule has 4 heteroatoms. The van der Waals surface area contributed by atoms with E-state index >= 15 is 0 Å². The van der Waals surface area contributed by atoms with E-state index in [1.807, 2.05) is 12.1 Å². The summed E-state index contributed by atoms with van der Waals surface area (Å²) in [7, 11) is -3.04.